The molecule has 0 aromatic carbocycles. The SMILES string of the molecule is O=C(O)CCl.O=C(O)CCl.O=C(O)CCl.O=C([O-])C(F)(F)Cl.O=C([O-])C(F)(F)Cl.O=[N+]([O-])[O-].O=[N+]([O-])[O-].[Mo+6].[Mo+6].[Mo+6].[N-3].[N-3].[O-2].[O-2].[O]=[Cr](=[O])([O-])[O-].[O]=[Cr](=[O])([O-])[O-]. The zero-order chi connectivity index (χ0) is 41.2. The molecule has 0 unspecified atom stereocenters. The monoisotopic (exact) mass is 1250 g/mol. The molecule has 44 heteroatoms. The van der Waals surface area contributed by atoms with Gasteiger partial charge in [0.05, 0.1) is 10.2 Å². The number of carbonyl (C=O) groups is 5. The fourth-order valence-corrected chi connectivity index (χ4v) is 0. The molecule has 0 aromatic rings. The van der Waals surface area contributed by atoms with E-state index in [1.165, 1.54) is 0 Å². The molecule has 0 bridgehead atoms. The average Bonchev–Trinajstić information content (AvgIpc) is 2.76. The molecule has 0 aromatic heterocycles. The Labute approximate surface area is 366 Å². The molecule has 0 saturated carbocycles. The van der Waals surface area contributed by atoms with E-state index in [4.69, 9.17) is 132 Å². The van der Waals surface area contributed by atoms with Crippen LogP contribution in [-0.2, 0) is 141 Å². The van der Waals surface area contributed by atoms with Crippen LogP contribution in [0, 0.1) is 30.6 Å². The van der Waals surface area contributed by atoms with Gasteiger partial charge in [-0.3, -0.25) is 14.4 Å². The molecule has 0 atom stereocenters. The fraction of sp³-hybridized carbons (Fsp3) is 0.500. The van der Waals surface area contributed by atoms with Gasteiger partial charge in [0.1, 0.15) is 29.6 Å². The topological polar surface area (TPSA) is 603 Å². The molecule has 0 amide bonds. The molecule has 0 fully saturated rings. The Morgan fingerprint density at radius 2 is 0.574 bits per heavy atom. The quantitative estimate of drug-likeness (QED) is 0.0761. The minimum atomic E-state index is -5.75. The zero-order valence-corrected chi connectivity index (χ0v) is 35.9. The average molecular weight is 1250 g/mol. The number of rotatable bonds is 5. The first kappa shape index (κ1) is 105. The van der Waals surface area contributed by atoms with Crippen molar-refractivity contribution in [2.75, 3.05) is 17.6 Å². The molecule has 318 valence electrons. The number of hydrogen-bond donors (Lipinski definition) is 3. The Balaban J connectivity index is -0.0000000213. The summed E-state index contributed by atoms with van der Waals surface area (Å²) in [5, 5.41) is 61.9. The molecule has 0 rings (SSSR count). The summed E-state index contributed by atoms with van der Waals surface area (Å²) in [5.41, 5.74) is 0. The second-order valence-corrected chi connectivity index (χ2v) is 8.72. The second kappa shape index (κ2) is 61.2. The summed E-state index contributed by atoms with van der Waals surface area (Å²) >= 11 is 10.5. The number of carboxylic acids is 5. The van der Waals surface area contributed by atoms with E-state index >= 15 is 0 Å². The maximum atomic E-state index is 10.9. The minimum absolute atomic E-state index is 0. The van der Waals surface area contributed by atoms with Gasteiger partial charge >= 0.3 is 151 Å². The van der Waals surface area contributed by atoms with Crippen molar-refractivity contribution in [2.45, 2.75) is 10.8 Å². The first-order valence-corrected chi connectivity index (χ1v) is 14.5. The summed E-state index contributed by atoms with van der Waals surface area (Å²) < 4.78 is 113. The van der Waals surface area contributed by atoms with Crippen molar-refractivity contribution in [3.63, 3.8) is 0 Å². The van der Waals surface area contributed by atoms with E-state index in [9.17, 15) is 31.9 Å². The standard InChI is InChI=1S/2C2HClF2O2.3C2H3ClO2.2Cr.3Mo.2NO3.2N.10O/c2*3-2(4,5)1(6)7;3*3-1-2(4)5;;;;;;2*2-1(3)4;;;;;;;;;;;;/h2*(H,6,7);3*1H2,(H,4,5);;;;;;;;;;;;;;;;;;;/q;;;;;;;3*+6;2*-1;2*-3;;;;;2*-2;4*-1/p-2. The first-order valence-electron chi connectivity index (χ1n) is 8.02. The summed E-state index contributed by atoms with van der Waals surface area (Å²) in [6.45, 7) is 0. The summed E-state index contributed by atoms with van der Waals surface area (Å²) in [6, 6.07) is 0. The number of hydrogen-bond acceptors (Lipinski definition) is 21. The van der Waals surface area contributed by atoms with Gasteiger partial charge in [-0.05, 0) is 23.2 Å². The summed E-state index contributed by atoms with van der Waals surface area (Å²) in [7, 11) is 0. The van der Waals surface area contributed by atoms with Crippen LogP contribution >= 0.6 is 58.0 Å². The van der Waals surface area contributed by atoms with E-state index in [0.29, 0.717) is 0 Å². The molecule has 0 spiro atoms. The van der Waals surface area contributed by atoms with Gasteiger partial charge in [0.25, 0.3) is 0 Å². The van der Waals surface area contributed by atoms with Gasteiger partial charge in [0.15, 0.2) is 0 Å². The van der Waals surface area contributed by atoms with E-state index in [1.807, 2.05) is 0 Å². The van der Waals surface area contributed by atoms with E-state index in [2.05, 4.69) is 23.2 Å². The van der Waals surface area contributed by atoms with Gasteiger partial charge in [-0.25, -0.2) is 0 Å². The third-order valence-corrected chi connectivity index (χ3v) is 1.80. The molecule has 0 aliphatic heterocycles. The van der Waals surface area contributed by atoms with E-state index in [0.717, 1.165) is 0 Å². The van der Waals surface area contributed by atoms with Crippen molar-refractivity contribution >= 4 is 87.9 Å². The molecule has 30 nitrogen and oxygen atoms in total. The molecular formula is C10H9Cl5Cr2F4Mo3N4O26. The van der Waals surface area contributed by atoms with Crippen LogP contribution in [0.25, 0.3) is 12.3 Å². The Bertz CT molecular complexity index is 1020. The van der Waals surface area contributed by atoms with Crippen LogP contribution in [0.3, 0.4) is 0 Å². The molecule has 54 heavy (non-hydrogen) atoms. The van der Waals surface area contributed by atoms with Crippen molar-refractivity contribution < 1.29 is 210 Å². The number of carboxylic acid groups (broad SMARTS) is 5. The van der Waals surface area contributed by atoms with Crippen molar-refractivity contribution in [1.29, 1.82) is 0 Å². The molecule has 0 saturated heterocycles. The van der Waals surface area contributed by atoms with Crippen LogP contribution in [0.5, 0.6) is 0 Å². The van der Waals surface area contributed by atoms with Crippen molar-refractivity contribution in [3.8, 4) is 0 Å². The summed E-state index contributed by atoms with van der Waals surface area (Å²) in [4.78, 5) is 62.3. The Kier molecular flexibility index (Phi) is 119. The third kappa shape index (κ3) is 443. The zero-order valence-electron chi connectivity index (χ0n) is 23.6. The molecule has 0 heterocycles. The number of alkyl halides is 9. The van der Waals surface area contributed by atoms with E-state index < -0.39 is 78.0 Å². The predicted octanol–water partition coefficient (Wildman–Crippen LogP) is -5.32. The fourth-order valence-electron chi connectivity index (χ4n) is 0. The number of nitrogens with zero attached hydrogens (tertiary/aromatic N) is 4. The van der Waals surface area contributed by atoms with E-state index in [1.54, 1.807) is 0 Å². The maximum absolute atomic E-state index is 10.9. The molecule has 0 aliphatic rings. The van der Waals surface area contributed by atoms with Gasteiger partial charge < -0.3 is 89.0 Å². The van der Waals surface area contributed by atoms with Crippen LogP contribution < -0.4 is 26.8 Å². The van der Waals surface area contributed by atoms with Crippen LogP contribution in [0.15, 0.2) is 0 Å². The summed E-state index contributed by atoms with van der Waals surface area (Å²) in [5.74, 6) is -9.01. The number of aliphatic carboxylic acids is 5. The Morgan fingerprint density at radius 1 is 0.537 bits per heavy atom. The summed E-state index contributed by atoms with van der Waals surface area (Å²) in [6.07, 6.45) is 0. The number of carbonyl (C=O) groups excluding carboxylic acids is 2. The van der Waals surface area contributed by atoms with Crippen LogP contribution in [-0.4, -0.2) is 83.7 Å². The normalized spacial score (nSPS) is 8.02. The molecular weight excluding hydrogens is 1240 g/mol. The second-order valence-electron chi connectivity index (χ2n) is 4.42. The first-order chi connectivity index (χ1) is 20.2. The van der Waals surface area contributed by atoms with Crippen LogP contribution in [0.2, 0.25) is 0 Å². The van der Waals surface area contributed by atoms with Crippen molar-refractivity contribution in [3.05, 3.63) is 42.9 Å². The number of halogens is 9. The van der Waals surface area contributed by atoms with Gasteiger partial charge in [0.2, 0.25) is 0 Å². The Hall–Kier alpha value is -1.07. The molecule has 0 radical (unpaired) electrons. The predicted molar refractivity (Wildman–Crippen MR) is 118 cm³/mol. The van der Waals surface area contributed by atoms with Gasteiger partial charge in [-0.1, -0.05) is 0 Å². The Morgan fingerprint density at radius 3 is 0.574 bits per heavy atom. The van der Waals surface area contributed by atoms with Gasteiger partial charge in [-0.15, -0.1) is 34.8 Å². The third-order valence-electron chi connectivity index (χ3n) is 0.806. The van der Waals surface area contributed by atoms with Gasteiger partial charge in [0, 0.05) is 0 Å². The molecule has 0 aliphatic carbocycles. The van der Waals surface area contributed by atoms with Gasteiger partial charge in [-0.2, -0.15) is 17.6 Å². The van der Waals surface area contributed by atoms with Crippen LogP contribution in [0.1, 0.15) is 0 Å². The van der Waals surface area contributed by atoms with E-state index in [-0.39, 0.29) is 104 Å². The molecule has 3 N–H and O–H groups in total. The van der Waals surface area contributed by atoms with Crippen molar-refractivity contribution in [1.82, 2.24) is 0 Å². The van der Waals surface area contributed by atoms with Crippen LogP contribution in [0.4, 0.5) is 17.6 Å². The van der Waals surface area contributed by atoms with Crippen molar-refractivity contribution in [2.24, 2.45) is 0 Å².